The fourth-order valence-corrected chi connectivity index (χ4v) is 3.98. The molecule has 4 rings (SSSR count). The van der Waals surface area contributed by atoms with Crippen LogP contribution in [0.1, 0.15) is 48.3 Å². The number of ether oxygens (including phenoxy) is 1. The second kappa shape index (κ2) is 8.83. The maximum atomic E-state index is 13.3. The molecule has 4 N–H and O–H groups in total. The number of amides is 2. The molecule has 0 saturated carbocycles. The Kier molecular flexibility index (Phi) is 6.08. The van der Waals surface area contributed by atoms with E-state index < -0.39 is 17.7 Å². The van der Waals surface area contributed by atoms with Gasteiger partial charge in [0.05, 0.1) is 11.6 Å². The van der Waals surface area contributed by atoms with E-state index in [2.05, 4.69) is 20.6 Å². The summed E-state index contributed by atoms with van der Waals surface area (Å²) < 4.78 is 5.36. The van der Waals surface area contributed by atoms with Crippen molar-refractivity contribution in [1.82, 2.24) is 20.6 Å². The summed E-state index contributed by atoms with van der Waals surface area (Å²) in [5.74, 6) is -0.252. The summed E-state index contributed by atoms with van der Waals surface area (Å²) in [4.78, 5) is 31.9. The Labute approximate surface area is 196 Å². The number of fused-ring (bicyclic) bond motifs is 2. The van der Waals surface area contributed by atoms with Crippen LogP contribution in [0.3, 0.4) is 0 Å². The first-order valence-corrected chi connectivity index (χ1v) is 11.1. The number of rotatable bonds is 5. The average Bonchev–Trinajstić information content (AvgIpc) is 3.33. The molecule has 4 aromatic rings. The lowest BCUT2D eigenvalue weighted by atomic mass is 10.0. The molecule has 7 nitrogen and oxygen atoms in total. The summed E-state index contributed by atoms with van der Waals surface area (Å²) in [6, 6.07) is 10.9. The number of alkyl carbamates (subject to hydrolysis) is 1. The minimum absolute atomic E-state index is 0.140. The van der Waals surface area contributed by atoms with Crippen molar-refractivity contribution >= 4 is 45.4 Å². The van der Waals surface area contributed by atoms with E-state index in [-0.39, 0.29) is 12.5 Å². The molecule has 0 aliphatic heterocycles. The van der Waals surface area contributed by atoms with Crippen LogP contribution in [0.25, 0.3) is 21.8 Å². The van der Waals surface area contributed by atoms with Gasteiger partial charge >= 0.3 is 6.09 Å². The number of halogens is 1. The number of carbonyl (C=O) groups is 2. The SMILES string of the molecule is Cc1ccc2c(C(=O)NC(CNC(=O)OC(C)(C)C)c3c[nH]c4ccc(Cl)cc34)c[nH]c2c1. The summed E-state index contributed by atoms with van der Waals surface area (Å²) in [5, 5.41) is 8.12. The lowest BCUT2D eigenvalue weighted by molar-refractivity contribution is 0.0520. The van der Waals surface area contributed by atoms with Gasteiger partial charge in [0.25, 0.3) is 5.91 Å². The van der Waals surface area contributed by atoms with Crippen LogP contribution in [0.4, 0.5) is 4.79 Å². The first-order chi connectivity index (χ1) is 15.6. The van der Waals surface area contributed by atoms with Crippen molar-refractivity contribution in [2.75, 3.05) is 6.54 Å². The number of carbonyl (C=O) groups excluding carboxylic acids is 2. The van der Waals surface area contributed by atoms with E-state index in [9.17, 15) is 9.59 Å². The van der Waals surface area contributed by atoms with E-state index in [1.807, 2.05) is 43.5 Å². The van der Waals surface area contributed by atoms with Gasteiger partial charge in [-0.15, -0.1) is 0 Å². The topological polar surface area (TPSA) is 99.0 Å². The van der Waals surface area contributed by atoms with Crippen molar-refractivity contribution in [3.63, 3.8) is 0 Å². The van der Waals surface area contributed by atoms with Crippen molar-refractivity contribution in [2.45, 2.75) is 39.3 Å². The molecule has 8 heteroatoms. The van der Waals surface area contributed by atoms with Gasteiger partial charge < -0.3 is 25.3 Å². The molecule has 0 spiro atoms. The van der Waals surface area contributed by atoms with Crippen LogP contribution in [-0.2, 0) is 4.74 Å². The zero-order valence-electron chi connectivity index (χ0n) is 19.0. The third kappa shape index (κ3) is 5.14. The van der Waals surface area contributed by atoms with Gasteiger partial charge in [-0.2, -0.15) is 0 Å². The van der Waals surface area contributed by atoms with Gasteiger partial charge in [0.1, 0.15) is 5.60 Å². The third-order valence-electron chi connectivity index (χ3n) is 5.29. The van der Waals surface area contributed by atoms with Crippen molar-refractivity contribution < 1.29 is 14.3 Å². The molecule has 0 fully saturated rings. The van der Waals surface area contributed by atoms with Crippen LogP contribution >= 0.6 is 11.6 Å². The molecule has 0 aliphatic rings. The first kappa shape index (κ1) is 22.7. The van der Waals surface area contributed by atoms with Gasteiger partial charge in [-0.3, -0.25) is 4.79 Å². The molecular formula is C25H27ClN4O3. The zero-order chi connectivity index (χ0) is 23.8. The number of aromatic amines is 2. The Morgan fingerprint density at radius 2 is 1.79 bits per heavy atom. The molecule has 0 radical (unpaired) electrons. The molecule has 0 aliphatic carbocycles. The maximum absolute atomic E-state index is 13.3. The molecule has 1 atom stereocenters. The maximum Gasteiger partial charge on any atom is 0.407 e. The molecule has 0 saturated heterocycles. The third-order valence-corrected chi connectivity index (χ3v) is 5.52. The summed E-state index contributed by atoms with van der Waals surface area (Å²) >= 11 is 6.22. The fraction of sp³-hybridized carbons (Fsp3) is 0.280. The second-order valence-electron chi connectivity index (χ2n) is 9.09. The predicted molar refractivity (Wildman–Crippen MR) is 131 cm³/mol. The van der Waals surface area contributed by atoms with E-state index in [0.717, 1.165) is 32.9 Å². The Balaban J connectivity index is 1.63. The Bertz CT molecular complexity index is 1330. The quantitative estimate of drug-likeness (QED) is 0.307. The van der Waals surface area contributed by atoms with Crippen LogP contribution in [0.5, 0.6) is 0 Å². The number of benzene rings is 2. The summed E-state index contributed by atoms with van der Waals surface area (Å²) in [6.45, 7) is 7.53. The molecule has 2 heterocycles. The molecule has 0 bridgehead atoms. The Morgan fingerprint density at radius 3 is 2.55 bits per heavy atom. The molecule has 2 aromatic carbocycles. The second-order valence-corrected chi connectivity index (χ2v) is 9.53. The number of H-pyrrole nitrogens is 2. The largest absolute Gasteiger partial charge is 0.444 e. The minimum atomic E-state index is -0.626. The van der Waals surface area contributed by atoms with Crippen LogP contribution < -0.4 is 10.6 Å². The zero-order valence-corrected chi connectivity index (χ0v) is 19.8. The standard InChI is InChI=1S/C25H27ClN4O3/c1-14-5-7-16-19(12-28-21(16)9-14)23(31)30-22(13-29-24(32)33-25(2,3)4)18-11-27-20-8-6-15(26)10-17(18)20/h5-12,22,27-28H,13H2,1-4H3,(H,29,32)(H,30,31). The number of hydrogen-bond donors (Lipinski definition) is 4. The van der Waals surface area contributed by atoms with Crippen molar-refractivity contribution in [3.05, 3.63) is 70.5 Å². The van der Waals surface area contributed by atoms with Gasteiger partial charge in [-0.1, -0.05) is 23.7 Å². The molecule has 2 aromatic heterocycles. The highest BCUT2D eigenvalue weighted by Gasteiger charge is 2.23. The van der Waals surface area contributed by atoms with Crippen LogP contribution in [0.15, 0.2) is 48.8 Å². The minimum Gasteiger partial charge on any atom is -0.444 e. The normalized spacial score (nSPS) is 12.6. The lowest BCUT2D eigenvalue weighted by Crippen LogP contribution is -2.40. The first-order valence-electron chi connectivity index (χ1n) is 10.7. The molecule has 172 valence electrons. The van der Waals surface area contributed by atoms with E-state index in [0.29, 0.717) is 10.6 Å². The van der Waals surface area contributed by atoms with E-state index in [1.54, 1.807) is 33.0 Å². The smallest absolute Gasteiger partial charge is 0.407 e. The molecule has 1 unspecified atom stereocenters. The van der Waals surface area contributed by atoms with Crippen LogP contribution in [-0.4, -0.2) is 34.1 Å². The predicted octanol–water partition coefficient (Wildman–Crippen LogP) is 5.61. The molecule has 2 amide bonds. The van der Waals surface area contributed by atoms with Gasteiger partial charge in [0.15, 0.2) is 0 Å². The summed E-state index contributed by atoms with van der Waals surface area (Å²) in [5.41, 5.74) is 3.60. The number of hydrogen-bond acceptors (Lipinski definition) is 3. The molecular weight excluding hydrogens is 440 g/mol. The highest BCUT2D eigenvalue weighted by Crippen LogP contribution is 2.28. The Hall–Kier alpha value is -3.45. The lowest BCUT2D eigenvalue weighted by Gasteiger charge is -2.22. The van der Waals surface area contributed by atoms with Gasteiger partial charge in [0, 0.05) is 51.3 Å². The monoisotopic (exact) mass is 466 g/mol. The van der Waals surface area contributed by atoms with Gasteiger partial charge in [-0.05, 0) is 57.5 Å². The highest BCUT2D eigenvalue weighted by molar-refractivity contribution is 6.31. The van der Waals surface area contributed by atoms with Crippen molar-refractivity contribution in [3.8, 4) is 0 Å². The molecule has 33 heavy (non-hydrogen) atoms. The number of aryl methyl sites for hydroxylation is 1. The van der Waals surface area contributed by atoms with E-state index in [4.69, 9.17) is 16.3 Å². The van der Waals surface area contributed by atoms with Crippen LogP contribution in [0, 0.1) is 6.92 Å². The summed E-state index contributed by atoms with van der Waals surface area (Å²) in [7, 11) is 0. The number of aromatic nitrogens is 2. The van der Waals surface area contributed by atoms with E-state index >= 15 is 0 Å². The van der Waals surface area contributed by atoms with E-state index in [1.165, 1.54) is 0 Å². The van der Waals surface area contributed by atoms with Crippen molar-refractivity contribution in [2.24, 2.45) is 0 Å². The fourth-order valence-electron chi connectivity index (χ4n) is 3.80. The summed E-state index contributed by atoms with van der Waals surface area (Å²) in [6.07, 6.45) is 2.97. The van der Waals surface area contributed by atoms with Crippen LogP contribution in [0.2, 0.25) is 5.02 Å². The highest BCUT2D eigenvalue weighted by atomic mass is 35.5. The number of nitrogens with one attached hydrogen (secondary N) is 4. The average molecular weight is 467 g/mol. The van der Waals surface area contributed by atoms with Gasteiger partial charge in [-0.25, -0.2) is 4.79 Å². The Morgan fingerprint density at radius 1 is 1.03 bits per heavy atom. The van der Waals surface area contributed by atoms with Gasteiger partial charge in [0.2, 0.25) is 0 Å². The van der Waals surface area contributed by atoms with Crippen molar-refractivity contribution in [1.29, 1.82) is 0 Å².